The van der Waals surface area contributed by atoms with Crippen LogP contribution in [-0.2, 0) is 28.6 Å². The fraction of sp³-hybridized carbons (Fsp3) is 0.789. The number of fused-ring (bicyclic) bond motifs is 1. The summed E-state index contributed by atoms with van der Waals surface area (Å²) in [4.78, 5) is 45.3. The number of ether oxygens (including phenoxy) is 3. The molecular weight excluding hydrogens is 642 g/mol. The highest BCUT2D eigenvalue weighted by Gasteiger charge is 2.52. The van der Waals surface area contributed by atoms with Crippen molar-refractivity contribution in [2.45, 2.75) is 163 Å². The van der Waals surface area contributed by atoms with E-state index in [9.17, 15) is 19.5 Å². The van der Waals surface area contributed by atoms with Gasteiger partial charge in [0.1, 0.15) is 11.9 Å². The first kappa shape index (κ1) is 41.2. The number of hydrogen-bond acceptors (Lipinski definition) is 10. The number of carbonyl (C=O) groups is 3. The Kier molecular flexibility index (Phi) is 13.8. The number of amides is 1. The lowest BCUT2D eigenvalue weighted by Gasteiger charge is -2.36. The van der Waals surface area contributed by atoms with E-state index in [0.717, 1.165) is 35.5 Å². The summed E-state index contributed by atoms with van der Waals surface area (Å²) in [6.07, 6.45) is 3.40. The Morgan fingerprint density at radius 2 is 1.88 bits per heavy atom. The van der Waals surface area contributed by atoms with Crippen molar-refractivity contribution in [2.24, 2.45) is 17.3 Å². The molecule has 0 aliphatic carbocycles. The standard InChI is InChI=1S/C38H63N3O7S/c1-23-14-13-15-38(12)30(48-38)19-28(24(2)18-27-22-49-26(4)40-27)41-31(43)20-29(42)37(10,11)34(45)25(3)33(23)47-32(44)21-39-36(8,9)16-17-46-35(5,6)7/h18,22-23,25,28-30,33,39,42H,13-17,19-21H2,1-12H3,(H,41,43)/b24-18+/t23-,25+,28-,29-,30-,33-,38+/m0/s1. The maximum Gasteiger partial charge on any atom is 0.320 e. The quantitative estimate of drug-likeness (QED) is 0.203. The van der Waals surface area contributed by atoms with E-state index in [1.54, 1.807) is 32.1 Å². The van der Waals surface area contributed by atoms with Crippen molar-refractivity contribution in [3.05, 3.63) is 21.7 Å². The van der Waals surface area contributed by atoms with Crippen LogP contribution in [0.5, 0.6) is 0 Å². The van der Waals surface area contributed by atoms with Gasteiger partial charge in [0.05, 0.1) is 64.5 Å². The number of aliphatic hydroxyl groups excluding tert-OH is 1. The molecule has 2 aliphatic rings. The number of Topliss-reactive ketones (excluding diaryl/α,β-unsaturated/α-hetero) is 1. The van der Waals surface area contributed by atoms with E-state index in [0.29, 0.717) is 19.4 Å². The zero-order valence-electron chi connectivity index (χ0n) is 32.0. The molecule has 278 valence electrons. The van der Waals surface area contributed by atoms with Gasteiger partial charge in [-0.15, -0.1) is 11.3 Å². The van der Waals surface area contributed by atoms with E-state index in [4.69, 9.17) is 14.2 Å². The molecule has 0 saturated carbocycles. The van der Waals surface area contributed by atoms with E-state index in [1.807, 2.05) is 66.8 Å². The molecule has 11 heteroatoms. The molecule has 0 unspecified atom stereocenters. The molecule has 49 heavy (non-hydrogen) atoms. The number of epoxide rings is 1. The van der Waals surface area contributed by atoms with Gasteiger partial charge >= 0.3 is 5.97 Å². The van der Waals surface area contributed by atoms with E-state index in [1.165, 1.54) is 0 Å². The molecule has 0 spiro atoms. The van der Waals surface area contributed by atoms with Gasteiger partial charge in [0.2, 0.25) is 5.91 Å². The smallest absolute Gasteiger partial charge is 0.320 e. The van der Waals surface area contributed by atoms with E-state index in [2.05, 4.69) is 22.5 Å². The van der Waals surface area contributed by atoms with Gasteiger partial charge < -0.3 is 30.0 Å². The number of nitrogens with zero attached hydrogens (tertiary/aromatic N) is 1. The van der Waals surface area contributed by atoms with Crippen molar-refractivity contribution in [2.75, 3.05) is 13.2 Å². The van der Waals surface area contributed by atoms with Crippen molar-refractivity contribution in [1.29, 1.82) is 0 Å². The summed E-state index contributed by atoms with van der Waals surface area (Å²) in [6, 6.07) is -0.313. The molecule has 1 amide bonds. The summed E-state index contributed by atoms with van der Waals surface area (Å²) in [7, 11) is 0. The van der Waals surface area contributed by atoms with Gasteiger partial charge in [-0.1, -0.05) is 34.1 Å². The van der Waals surface area contributed by atoms with Gasteiger partial charge in [-0.2, -0.15) is 0 Å². The summed E-state index contributed by atoms with van der Waals surface area (Å²) in [6.45, 7) is 23.7. The largest absolute Gasteiger partial charge is 0.460 e. The number of esters is 1. The predicted octanol–water partition coefficient (Wildman–Crippen LogP) is 6.17. The number of ketones is 1. The highest BCUT2D eigenvalue weighted by molar-refractivity contribution is 7.09. The van der Waals surface area contributed by atoms with Gasteiger partial charge in [0.25, 0.3) is 0 Å². The SMILES string of the molecule is C/C(=C\c1csc(C)n1)[C@@H]1C[C@@H]2O[C@]2(C)CCC[C@H](C)[C@H](OC(=O)CNC(C)(C)CCOC(C)(C)C)[C@@H](C)C(=O)C(C)(C)[C@@H](O)CC(=O)N1. The van der Waals surface area contributed by atoms with E-state index in [-0.39, 0.29) is 59.5 Å². The van der Waals surface area contributed by atoms with Gasteiger partial charge in [-0.25, -0.2) is 4.98 Å². The molecule has 0 radical (unpaired) electrons. The molecule has 2 fully saturated rings. The second-order valence-corrected chi connectivity index (χ2v) is 17.9. The highest BCUT2D eigenvalue weighted by atomic mass is 32.1. The second kappa shape index (κ2) is 16.4. The molecular formula is C38H63N3O7S. The third-order valence-corrected chi connectivity index (χ3v) is 11.1. The summed E-state index contributed by atoms with van der Waals surface area (Å²) in [5, 5.41) is 20.7. The minimum atomic E-state index is -1.26. The molecule has 7 atom stereocenters. The summed E-state index contributed by atoms with van der Waals surface area (Å²) in [5.41, 5.74) is -0.413. The number of aryl methyl sites for hydroxylation is 1. The Morgan fingerprint density at radius 1 is 1.20 bits per heavy atom. The van der Waals surface area contributed by atoms with Crippen molar-refractivity contribution in [3.63, 3.8) is 0 Å². The number of nitrogens with one attached hydrogen (secondary N) is 2. The molecule has 2 saturated heterocycles. The van der Waals surface area contributed by atoms with Crippen LogP contribution in [0.4, 0.5) is 0 Å². The van der Waals surface area contributed by atoms with Gasteiger partial charge in [0.15, 0.2) is 0 Å². The number of rotatable bonds is 9. The highest BCUT2D eigenvalue weighted by Crippen LogP contribution is 2.44. The summed E-state index contributed by atoms with van der Waals surface area (Å²) in [5.74, 6) is -1.86. The topological polar surface area (TPSA) is 139 Å². The Hall–Kier alpha value is -2.18. The van der Waals surface area contributed by atoms with Crippen LogP contribution < -0.4 is 10.6 Å². The fourth-order valence-electron chi connectivity index (χ4n) is 6.60. The lowest BCUT2D eigenvalue weighted by molar-refractivity contribution is -0.159. The number of aliphatic hydroxyl groups is 1. The van der Waals surface area contributed by atoms with Gasteiger partial charge in [-0.3, -0.25) is 14.4 Å². The van der Waals surface area contributed by atoms with Crippen LogP contribution in [-0.4, -0.2) is 82.0 Å². The summed E-state index contributed by atoms with van der Waals surface area (Å²) < 4.78 is 18.2. The zero-order valence-corrected chi connectivity index (χ0v) is 32.8. The van der Waals surface area contributed by atoms with Crippen LogP contribution in [0.2, 0.25) is 0 Å². The third kappa shape index (κ3) is 12.2. The molecule has 0 aromatic carbocycles. The average molecular weight is 706 g/mol. The Labute approximate surface area is 298 Å². The Balaban J connectivity index is 1.77. The fourth-order valence-corrected chi connectivity index (χ4v) is 7.17. The number of hydrogen-bond donors (Lipinski definition) is 3. The van der Waals surface area contributed by atoms with Crippen LogP contribution in [0.15, 0.2) is 11.0 Å². The number of thiazole rings is 1. The lowest BCUT2D eigenvalue weighted by Crippen LogP contribution is -2.49. The predicted molar refractivity (Wildman–Crippen MR) is 194 cm³/mol. The molecule has 3 heterocycles. The van der Waals surface area contributed by atoms with Crippen LogP contribution in [0, 0.1) is 24.2 Å². The van der Waals surface area contributed by atoms with Crippen molar-refractivity contribution < 1.29 is 33.7 Å². The number of carbonyl (C=O) groups excluding carboxylic acids is 3. The van der Waals surface area contributed by atoms with Gasteiger partial charge in [-0.05, 0) is 92.2 Å². The molecule has 0 bridgehead atoms. The Bertz CT molecular complexity index is 1330. The summed E-state index contributed by atoms with van der Waals surface area (Å²) >= 11 is 1.57. The van der Waals surface area contributed by atoms with Crippen LogP contribution in [0.3, 0.4) is 0 Å². The molecule has 1 aromatic rings. The zero-order chi connectivity index (χ0) is 36.9. The van der Waals surface area contributed by atoms with Crippen LogP contribution >= 0.6 is 11.3 Å². The molecule has 3 N–H and O–H groups in total. The van der Waals surface area contributed by atoms with Crippen molar-refractivity contribution in [1.82, 2.24) is 15.6 Å². The Morgan fingerprint density at radius 3 is 2.49 bits per heavy atom. The van der Waals surface area contributed by atoms with Crippen molar-refractivity contribution in [3.8, 4) is 0 Å². The monoisotopic (exact) mass is 705 g/mol. The third-order valence-electron chi connectivity index (χ3n) is 10.3. The first-order valence-electron chi connectivity index (χ1n) is 17.9. The molecule has 10 nitrogen and oxygen atoms in total. The van der Waals surface area contributed by atoms with E-state index < -0.39 is 29.5 Å². The van der Waals surface area contributed by atoms with E-state index >= 15 is 0 Å². The first-order chi connectivity index (χ1) is 22.5. The van der Waals surface area contributed by atoms with Crippen molar-refractivity contribution >= 4 is 35.1 Å². The maximum absolute atomic E-state index is 14.1. The maximum atomic E-state index is 14.1. The second-order valence-electron chi connectivity index (χ2n) is 16.8. The van der Waals surface area contributed by atoms with Crippen LogP contribution in [0.25, 0.3) is 6.08 Å². The number of aromatic nitrogens is 1. The minimum absolute atomic E-state index is 0.0104. The average Bonchev–Trinajstić information content (AvgIpc) is 3.42. The van der Waals surface area contributed by atoms with Gasteiger partial charge in [0, 0.05) is 23.9 Å². The molecule has 2 aliphatic heterocycles. The minimum Gasteiger partial charge on any atom is -0.460 e. The first-order valence-corrected chi connectivity index (χ1v) is 18.8. The molecule has 1 aromatic heterocycles. The lowest BCUT2D eigenvalue weighted by atomic mass is 9.72. The van der Waals surface area contributed by atoms with Crippen LogP contribution in [0.1, 0.15) is 125 Å². The normalized spacial score (nSPS) is 30.8. The molecule has 3 rings (SSSR count).